The first kappa shape index (κ1) is 69.4. The molecule has 458 valence electrons. The van der Waals surface area contributed by atoms with Crippen molar-refractivity contribution in [3.63, 3.8) is 0 Å². The second-order valence-electron chi connectivity index (χ2n) is 22.0. The molecule has 0 aliphatic carbocycles. The normalized spacial score (nSPS) is 26.8. The highest BCUT2D eigenvalue weighted by Gasteiger charge is 2.50. The van der Waals surface area contributed by atoms with Gasteiger partial charge in [0.2, 0.25) is 23.6 Å². The van der Waals surface area contributed by atoms with Crippen LogP contribution >= 0.6 is 0 Å². The first-order valence-electron chi connectivity index (χ1n) is 27.3. The molecule has 1 aromatic rings. The summed E-state index contributed by atoms with van der Waals surface area (Å²) in [7, 11) is 0. The SMILES string of the molecule is CC1CC(N=[N+]=[N-])C(C(=O)NOC(=O)C2C(C)NC(=O)C(C)NC(=O)CCOCCOCC(C[C@@H](CC(C)C(=O)OC(C)(C)C)NC(=O)OC(C)(C)C)OCC2(N=[N+]=[N-])c2ccccc2)OCCOCCOCCC(=O)NC(C)C(=O)N1. The Bertz CT molecular complexity index is 2360. The van der Waals surface area contributed by atoms with Gasteiger partial charge in [-0.3, -0.25) is 28.8 Å². The first-order chi connectivity index (χ1) is 38.7. The van der Waals surface area contributed by atoms with Crippen molar-refractivity contribution >= 4 is 47.6 Å². The molecule has 82 heavy (non-hydrogen) atoms. The number of rotatable bonds is 11. The average molecular weight is 1160 g/mol. The van der Waals surface area contributed by atoms with Gasteiger partial charge in [0.05, 0.1) is 90.1 Å². The number of ether oxygens (including phenoxy) is 8. The zero-order valence-corrected chi connectivity index (χ0v) is 48.9. The molecule has 11 atom stereocenters. The van der Waals surface area contributed by atoms with E-state index in [1.54, 1.807) is 73.6 Å². The van der Waals surface area contributed by atoms with Crippen LogP contribution in [0.4, 0.5) is 4.79 Å². The smallest absolute Gasteiger partial charge is 0.407 e. The molecule has 6 amide bonds. The number of hydrogen-bond donors (Lipinski definition) is 6. The lowest BCUT2D eigenvalue weighted by molar-refractivity contribution is -0.172. The molecule has 2 fully saturated rings. The number of hydroxylamine groups is 1. The molecule has 0 aromatic heterocycles. The van der Waals surface area contributed by atoms with E-state index in [0.717, 1.165) is 0 Å². The Morgan fingerprint density at radius 1 is 0.744 bits per heavy atom. The molecule has 0 radical (unpaired) electrons. The third-order valence-corrected chi connectivity index (χ3v) is 12.5. The lowest BCUT2D eigenvalue weighted by Gasteiger charge is -2.40. The Morgan fingerprint density at radius 2 is 1.30 bits per heavy atom. The standard InChI is InChI=1S/C53H84N12O17/c1-32(48(71)80-51(6,7)8)27-38(60-50(73)81-52(9,10)11)29-39-30-77-24-23-75-20-18-42(67)58-36(5)46(69)59-34(3)43(53(31-79-39,63-65-55)37-15-13-12-14-16-37)49(72)82-62-47(70)44-40(61-64-54)28-33(2)56-45(68)35(4)57-41(66)17-19-74-21-22-76-25-26-78-44/h12-16,32-36,38-40,43-44H,17-31H2,1-11H3,(H,56,68)(H,57,66)(H,58,67)(H,59,69)(H,60,73)(H,62,70)/t32?,33?,34?,35?,36?,38-,39?,40?,43?,44?,53?/m1/s1. The van der Waals surface area contributed by atoms with Gasteiger partial charge in [0.15, 0.2) is 0 Å². The van der Waals surface area contributed by atoms with Gasteiger partial charge in [-0.15, -0.1) is 0 Å². The molecule has 1 aromatic carbocycles. The highest BCUT2D eigenvalue weighted by atomic mass is 16.7. The molecular weight excluding hydrogens is 1080 g/mol. The molecule has 6 N–H and O–H groups in total. The van der Waals surface area contributed by atoms with Gasteiger partial charge < -0.3 is 69.3 Å². The number of azide groups is 2. The lowest BCUT2D eigenvalue weighted by Crippen LogP contribution is -2.57. The highest BCUT2D eigenvalue weighted by Crippen LogP contribution is 2.39. The van der Waals surface area contributed by atoms with Crippen molar-refractivity contribution in [3.8, 4) is 0 Å². The quantitative estimate of drug-likeness (QED) is 0.0459. The Kier molecular flexibility index (Phi) is 29.3. The Labute approximate surface area is 477 Å². The predicted octanol–water partition coefficient (Wildman–Crippen LogP) is 3.77. The Hall–Kier alpha value is -6.84. The monoisotopic (exact) mass is 1160 g/mol. The van der Waals surface area contributed by atoms with Crippen molar-refractivity contribution in [3.05, 3.63) is 56.8 Å². The van der Waals surface area contributed by atoms with Crippen LogP contribution in [0.5, 0.6) is 0 Å². The molecule has 10 unspecified atom stereocenters. The van der Waals surface area contributed by atoms with E-state index >= 15 is 4.79 Å². The van der Waals surface area contributed by atoms with Gasteiger partial charge in [-0.2, -0.15) is 5.48 Å². The van der Waals surface area contributed by atoms with E-state index in [1.807, 2.05) is 0 Å². The van der Waals surface area contributed by atoms with Crippen LogP contribution in [0.1, 0.15) is 114 Å². The van der Waals surface area contributed by atoms with Gasteiger partial charge >= 0.3 is 18.0 Å². The largest absolute Gasteiger partial charge is 0.460 e. The maximum absolute atomic E-state index is 15.2. The van der Waals surface area contributed by atoms with Crippen LogP contribution in [0.15, 0.2) is 40.6 Å². The topological polar surface area (TPSA) is 389 Å². The minimum atomic E-state index is -2.21. The van der Waals surface area contributed by atoms with Crippen LogP contribution < -0.4 is 32.1 Å². The van der Waals surface area contributed by atoms with Crippen molar-refractivity contribution in [2.45, 2.75) is 173 Å². The van der Waals surface area contributed by atoms with Gasteiger partial charge in [-0.05, 0) is 105 Å². The van der Waals surface area contributed by atoms with E-state index in [2.05, 4.69) is 52.1 Å². The predicted molar refractivity (Wildman–Crippen MR) is 292 cm³/mol. The summed E-state index contributed by atoms with van der Waals surface area (Å²) in [5, 5.41) is 21.5. The fourth-order valence-electron chi connectivity index (χ4n) is 8.66. The summed E-state index contributed by atoms with van der Waals surface area (Å²) < 4.78 is 46.7. The molecule has 29 nitrogen and oxygen atoms in total. The first-order valence-corrected chi connectivity index (χ1v) is 27.3. The molecule has 0 spiro atoms. The molecule has 0 saturated carbocycles. The number of nitrogens with one attached hydrogen (secondary N) is 6. The average Bonchev–Trinajstić information content (AvgIpc) is 3.54. The maximum Gasteiger partial charge on any atom is 0.407 e. The van der Waals surface area contributed by atoms with Gasteiger partial charge in [0.25, 0.3) is 5.91 Å². The number of hydrogen-bond acceptors (Lipinski definition) is 19. The van der Waals surface area contributed by atoms with Crippen LogP contribution in [-0.4, -0.2) is 173 Å². The van der Waals surface area contributed by atoms with Crippen LogP contribution in [0.2, 0.25) is 0 Å². The summed E-state index contributed by atoms with van der Waals surface area (Å²) in [5.41, 5.74) is 18.5. The van der Waals surface area contributed by atoms with Crippen LogP contribution in [0.3, 0.4) is 0 Å². The van der Waals surface area contributed by atoms with E-state index in [1.165, 1.54) is 32.9 Å². The van der Waals surface area contributed by atoms with E-state index in [4.69, 9.17) is 42.7 Å². The Balaban J connectivity index is 2.20. The van der Waals surface area contributed by atoms with Crippen molar-refractivity contribution in [1.82, 2.24) is 32.1 Å². The maximum atomic E-state index is 15.2. The highest BCUT2D eigenvalue weighted by molar-refractivity contribution is 5.89. The van der Waals surface area contributed by atoms with Gasteiger partial charge in [0, 0.05) is 40.8 Å². The summed E-state index contributed by atoms with van der Waals surface area (Å²) in [5.74, 6) is -7.99. The molecule has 2 saturated heterocycles. The minimum Gasteiger partial charge on any atom is -0.460 e. The zero-order valence-electron chi connectivity index (χ0n) is 48.9. The molecule has 2 heterocycles. The number of alkyl carbamates (subject to hydrolysis) is 1. The minimum absolute atomic E-state index is 0.00882. The molecule has 29 heteroatoms. The number of nitrogens with zero attached hydrogens (tertiary/aromatic N) is 6. The third kappa shape index (κ3) is 25.1. The van der Waals surface area contributed by atoms with Crippen LogP contribution in [0.25, 0.3) is 20.9 Å². The van der Waals surface area contributed by atoms with E-state index in [9.17, 15) is 44.6 Å². The van der Waals surface area contributed by atoms with Gasteiger partial charge in [-0.25, -0.2) is 9.59 Å². The summed E-state index contributed by atoms with van der Waals surface area (Å²) in [6, 6.07) is 1.22. The summed E-state index contributed by atoms with van der Waals surface area (Å²) in [6.45, 7) is 16.5. The zero-order chi connectivity index (χ0) is 61.0. The number of carbonyl (C=O) groups excluding carboxylic acids is 8. The third-order valence-electron chi connectivity index (χ3n) is 12.5. The lowest BCUT2D eigenvalue weighted by atomic mass is 9.75. The van der Waals surface area contributed by atoms with Crippen molar-refractivity contribution < 1.29 is 81.1 Å². The molecule has 0 bridgehead atoms. The second-order valence-corrected chi connectivity index (χ2v) is 22.0. The fourth-order valence-corrected chi connectivity index (χ4v) is 8.66. The summed E-state index contributed by atoms with van der Waals surface area (Å²) in [6.07, 6.45) is -4.05. The molecular formula is C53H84N12O17. The number of esters is 1. The Morgan fingerprint density at radius 3 is 1.88 bits per heavy atom. The van der Waals surface area contributed by atoms with E-state index in [-0.39, 0.29) is 97.1 Å². The van der Waals surface area contributed by atoms with Crippen molar-refractivity contribution in [2.75, 3.05) is 66.1 Å². The number of carbonyl (C=O) groups is 8. The van der Waals surface area contributed by atoms with Gasteiger partial charge in [0.1, 0.15) is 34.9 Å². The summed E-state index contributed by atoms with van der Waals surface area (Å²) >= 11 is 0. The molecule has 2 aliphatic rings. The van der Waals surface area contributed by atoms with E-state index in [0.29, 0.717) is 0 Å². The molecule has 2 aliphatic heterocycles. The second kappa shape index (κ2) is 34.6. The number of amides is 6. The van der Waals surface area contributed by atoms with Crippen LogP contribution in [-0.2, 0) is 81.8 Å². The van der Waals surface area contributed by atoms with Gasteiger partial charge in [-0.1, -0.05) is 47.5 Å². The van der Waals surface area contributed by atoms with Crippen LogP contribution in [0, 0.1) is 11.8 Å². The van der Waals surface area contributed by atoms with Crippen molar-refractivity contribution in [2.24, 2.45) is 22.1 Å². The molecule has 3 rings (SSSR count). The van der Waals surface area contributed by atoms with Crippen molar-refractivity contribution in [1.29, 1.82) is 0 Å². The fraction of sp³-hybridized carbons (Fsp3) is 0.736. The summed E-state index contributed by atoms with van der Waals surface area (Å²) in [4.78, 5) is 121. The number of benzene rings is 1. The van der Waals surface area contributed by atoms with E-state index < -0.39 is 131 Å².